The van der Waals surface area contributed by atoms with E-state index in [-0.39, 0.29) is 0 Å². The predicted molar refractivity (Wildman–Crippen MR) is 86.6 cm³/mol. The average Bonchev–Trinajstić information content (AvgIpc) is 3.33. The molecule has 21 heavy (non-hydrogen) atoms. The minimum absolute atomic E-state index is 0.744. The Bertz CT molecular complexity index is 437. The first-order valence-electron chi connectivity index (χ1n) is 8.47. The van der Waals surface area contributed by atoms with Gasteiger partial charge in [-0.2, -0.15) is 0 Å². The molecule has 1 N–H and O–H groups in total. The molecule has 0 amide bonds. The maximum absolute atomic E-state index is 6.04. The molecule has 0 aromatic heterocycles. The summed E-state index contributed by atoms with van der Waals surface area (Å²) in [5.74, 6) is 1.95. The van der Waals surface area contributed by atoms with Crippen molar-refractivity contribution >= 4 is 0 Å². The topological polar surface area (TPSA) is 24.5 Å². The fourth-order valence-corrected chi connectivity index (χ4v) is 2.90. The van der Waals surface area contributed by atoms with Crippen LogP contribution in [0.1, 0.15) is 38.2 Å². The molecular weight excluding hydrogens is 260 g/mol. The number of benzene rings is 1. The van der Waals surface area contributed by atoms with Crippen molar-refractivity contribution in [3.05, 3.63) is 29.8 Å². The third kappa shape index (κ3) is 4.72. The molecule has 1 aliphatic heterocycles. The van der Waals surface area contributed by atoms with Crippen LogP contribution in [0.15, 0.2) is 24.3 Å². The fourth-order valence-electron chi connectivity index (χ4n) is 2.90. The summed E-state index contributed by atoms with van der Waals surface area (Å²) < 4.78 is 6.04. The Labute approximate surface area is 128 Å². The predicted octanol–water partition coefficient (Wildman–Crippen LogP) is 3.05. The normalized spacial score (nSPS) is 20.6. The second kappa shape index (κ2) is 7.28. The van der Waals surface area contributed by atoms with Crippen molar-refractivity contribution in [1.82, 2.24) is 10.2 Å². The highest BCUT2D eigenvalue weighted by Gasteiger charge is 2.20. The van der Waals surface area contributed by atoms with Crippen molar-refractivity contribution in [2.75, 3.05) is 26.2 Å². The Morgan fingerprint density at radius 1 is 1.14 bits per heavy atom. The third-order valence-corrected chi connectivity index (χ3v) is 4.67. The van der Waals surface area contributed by atoms with Crippen LogP contribution in [0, 0.1) is 5.92 Å². The molecule has 3 nitrogen and oxygen atoms in total. The van der Waals surface area contributed by atoms with E-state index in [9.17, 15) is 0 Å². The van der Waals surface area contributed by atoms with Crippen LogP contribution < -0.4 is 10.1 Å². The average molecular weight is 288 g/mol. The smallest absolute Gasteiger partial charge is 0.123 e. The van der Waals surface area contributed by atoms with Gasteiger partial charge in [0.1, 0.15) is 12.4 Å². The summed E-state index contributed by atoms with van der Waals surface area (Å²) in [5.41, 5.74) is 1.29. The highest BCUT2D eigenvalue weighted by atomic mass is 16.5. The molecule has 2 aliphatic rings. The lowest BCUT2D eigenvalue weighted by molar-refractivity contribution is 0.160. The van der Waals surface area contributed by atoms with Crippen LogP contribution in [-0.2, 0) is 6.54 Å². The van der Waals surface area contributed by atoms with E-state index in [1.54, 1.807) is 0 Å². The van der Waals surface area contributed by atoms with E-state index < -0.39 is 0 Å². The lowest BCUT2D eigenvalue weighted by atomic mass is 9.99. The first kappa shape index (κ1) is 14.9. The van der Waals surface area contributed by atoms with E-state index in [1.165, 1.54) is 44.3 Å². The highest BCUT2D eigenvalue weighted by Crippen LogP contribution is 2.22. The van der Waals surface area contributed by atoms with Gasteiger partial charge in [0.2, 0.25) is 0 Å². The van der Waals surface area contributed by atoms with Gasteiger partial charge in [-0.1, -0.05) is 25.1 Å². The van der Waals surface area contributed by atoms with Crippen molar-refractivity contribution in [3.8, 4) is 5.75 Å². The van der Waals surface area contributed by atoms with Gasteiger partial charge in [-0.15, -0.1) is 0 Å². The largest absolute Gasteiger partial charge is 0.492 e. The molecule has 0 bridgehead atoms. The third-order valence-electron chi connectivity index (χ3n) is 4.67. The van der Waals surface area contributed by atoms with Crippen LogP contribution in [0.25, 0.3) is 0 Å². The number of ether oxygens (including phenoxy) is 1. The van der Waals surface area contributed by atoms with E-state index >= 15 is 0 Å². The number of para-hydroxylation sites is 1. The number of nitrogens with one attached hydrogen (secondary N) is 1. The zero-order valence-corrected chi connectivity index (χ0v) is 13.2. The van der Waals surface area contributed by atoms with Gasteiger partial charge >= 0.3 is 0 Å². The number of hydrogen-bond acceptors (Lipinski definition) is 3. The lowest BCUT2D eigenvalue weighted by Gasteiger charge is -2.30. The van der Waals surface area contributed by atoms with Gasteiger partial charge in [-0.25, -0.2) is 0 Å². The molecule has 116 valence electrons. The monoisotopic (exact) mass is 288 g/mol. The first-order valence-corrected chi connectivity index (χ1v) is 8.47. The van der Waals surface area contributed by atoms with Crippen molar-refractivity contribution in [2.45, 2.75) is 45.2 Å². The van der Waals surface area contributed by atoms with E-state index in [4.69, 9.17) is 4.74 Å². The molecule has 0 spiro atoms. The molecule has 3 rings (SSSR count). The van der Waals surface area contributed by atoms with Crippen LogP contribution in [0.2, 0.25) is 0 Å². The molecule has 1 heterocycles. The minimum atomic E-state index is 0.744. The standard InChI is InChI=1S/C18H28N2O/c1-15-8-10-20(11-9-15)12-13-21-18-5-3-2-4-16(18)14-19-17-6-7-17/h2-5,15,17,19H,6-14H2,1H3. The number of likely N-dealkylation sites (tertiary alicyclic amines) is 1. The lowest BCUT2D eigenvalue weighted by Crippen LogP contribution is -2.35. The van der Waals surface area contributed by atoms with E-state index in [2.05, 4.69) is 41.4 Å². The summed E-state index contributed by atoms with van der Waals surface area (Å²) in [7, 11) is 0. The molecule has 2 fully saturated rings. The Morgan fingerprint density at radius 2 is 1.90 bits per heavy atom. The van der Waals surface area contributed by atoms with Crippen molar-refractivity contribution < 1.29 is 4.74 Å². The summed E-state index contributed by atoms with van der Waals surface area (Å²) in [6.45, 7) is 7.61. The molecular formula is C18H28N2O. The molecule has 1 aliphatic carbocycles. The molecule has 1 aromatic rings. The number of nitrogens with zero attached hydrogens (tertiary/aromatic N) is 1. The Hall–Kier alpha value is -1.06. The maximum Gasteiger partial charge on any atom is 0.123 e. The highest BCUT2D eigenvalue weighted by molar-refractivity contribution is 5.33. The van der Waals surface area contributed by atoms with Gasteiger partial charge in [0, 0.05) is 24.7 Å². The SMILES string of the molecule is CC1CCN(CCOc2ccccc2CNC2CC2)CC1. The van der Waals surface area contributed by atoms with E-state index in [0.717, 1.165) is 37.4 Å². The second-order valence-electron chi connectivity index (χ2n) is 6.64. The van der Waals surface area contributed by atoms with Crippen LogP contribution in [0.5, 0.6) is 5.75 Å². The van der Waals surface area contributed by atoms with Gasteiger partial charge in [0.25, 0.3) is 0 Å². The van der Waals surface area contributed by atoms with E-state index in [1.807, 2.05) is 0 Å². The number of piperidine rings is 1. The Morgan fingerprint density at radius 3 is 2.67 bits per heavy atom. The molecule has 0 atom stereocenters. The summed E-state index contributed by atoms with van der Waals surface area (Å²) in [4.78, 5) is 2.53. The van der Waals surface area contributed by atoms with Gasteiger partial charge < -0.3 is 10.1 Å². The minimum Gasteiger partial charge on any atom is -0.492 e. The van der Waals surface area contributed by atoms with E-state index in [0.29, 0.717) is 0 Å². The first-order chi connectivity index (χ1) is 10.3. The zero-order valence-electron chi connectivity index (χ0n) is 13.2. The Kier molecular flexibility index (Phi) is 5.15. The summed E-state index contributed by atoms with van der Waals surface area (Å²) in [6.07, 6.45) is 5.33. The zero-order chi connectivity index (χ0) is 14.5. The summed E-state index contributed by atoms with van der Waals surface area (Å²) >= 11 is 0. The molecule has 0 unspecified atom stereocenters. The van der Waals surface area contributed by atoms with Crippen LogP contribution in [0.4, 0.5) is 0 Å². The van der Waals surface area contributed by atoms with Crippen LogP contribution in [0.3, 0.4) is 0 Å². The molecule has 1 saturated carbocycles. The van der Waals surface area contributed by atoms with Crippen LogP contribution in [-0.4, -0.2) is 37.2 Å². The van der Waals surface area contributed by atoms with Gasteiger partial charge in [0.05, 0.1) is 0 Å². The Balaban J connectivity index is 1.43. The fraction of sp³-hybridized carbons (Fsp3) is 0.667. The summed E-state index contributed by atoms with van der Waals surface area (Å²) in [6, 6.07) is 9.19. The molecule has 1 aromatic carbocycles. The number of rotatable bonds is 7. The molecule has 0 radical (unpaired) electrons. The van der Waals surface area contributed by atoms with Gasteiger partial charge in [0.15, 0.2) is 0 Å². The van der Waals surface area contributed by atoms with Crippen molar-refractivity contribution in [1.29, 1.82) is 0 Å². The maximum atomic E-state index is 6.04. The molecule has 3 heteroatoms. The van der Waals surface area contributed by atoms with Gasteiger partial charge in [-0.05, 0) is 50.8 Å². The van der Waals surface area contributed by atoms with Crippen molar-refractivity contribution in [3.63, 3.8) is 0 Å². The van der Waals surface area contributed by atoms with Gasteiger partial charge in [-0.3, -0.25) is 4.90 Å². The van der Waals surface area contributed by atoms with Crippen LogP contribution >= 0.6 is 0 Å². The second-order valence-corrected chi connectivity index (χ2v) is 6.64. The number of hydrogen-bond donors (Lipinski definition) is 1. The summed E-state index contributed by atoms with van der Waals surface area (Å²) in [5, 5.41) is 3.57. The van der Waals surface area contributed by atoms with Crippen molar-refractivity contribution in [2.24, 2.45) is 5.92 Å². The quantitative estimate of drug-likeness (QED) is 0.834. The molecule has 1 saturated heterocycles.